The predicted octanol–water partition coefficient (Wildman–Crippen LogP) is -5.33. The van der Waals surface area contributed by atoms with E-state index in [1.807, 2.05) is 26.8 Å². The fourth-order valence-electron chi connectivity index (χ4n) is 17.3. The molecule has 36 atom stereocenters. The molecule has 0 aromatic heterocycles. The van der Waals surface area contributed by atoms with Crippen molar-refractivity contribution in [3.05, 3.63) is 23.3 Å². The zero-order valence-corrected chi connectivity index (χ0v) is 53.8. The second-order valence-electron chi connectivity index (χ2n) is 29.0. The first-order valence-corrected chi connectivity index (χ1v) is 33.0. The summed E-state index contributed by atoms with van der Waals surface area (Å²) in [6.45, 7) is 8.26. The van der Waals surface area contributed by atoms with Crippen molar-refractivity contribution in [1.82, 2.24) is 0 Å². The lowest BCUT2D eigenvalue weighted by Crippen LogP contribution is -2.67. The SMILES string of the molecule is CC(C)=CCCC(C(=O)O[C@@H]1O[C@H](CO[C@@H]2OC[C@@H](O)[C@H](O)[C@H]2O)[C@@H](O)[C@H](O[C@@H]2OC[C@H](O)[C@H](O)[C@H]2O)[C@H]1O[C@@H]1O[C@H](CO)[C@@H](O)[C@H](O)[C@H]1O)[C@@H]1CC[C@]2(C)C3=CCC4[C@@](C)(CO)C(O[C@@H]5O[C@H](CO)[C@@H](O)[C@H](O)[C@H]5O[C@@H]5OC[C@@H](O)[C@H](O)[C@H]5O)CC[C@]4(C)C3CC[C@@]12C. The van der Waals surface area contributed by atoms with Crippen molar-refractivity contribution in [2.24, 2.45) is 45.3 Å². The third kappa shape index (κ3) is 13.8. The van der Waals surface area contributed by atoms with E-state index in [1.54, 1.807) is 0 Å². The van der Waals surface area contributed by atoms with Gasteiger partial charge in [0.2, 0.25) is 6.29 Å². The molecule has 0 radical (unpaired) electrons. The van der Waals surface area contributed by atoms with E-state index in [0.717, 1.165) is 5.57 Å². The number of fused-ring (bicyclic) bond motifs is 5. The molecule has 3 saturated carbocycles. The lowest BCUT2D eigenvalue weighted by molar-refractivity contribution is -0.386. The molecule has 4 unspecified atom stereocenters. The van der Waals surface area contributed by atoms with Crippen LogP contribution in [0.15, 0.2) is 23.3 Å². The van der Waals surface area contributed by atoms with Gasteiger partial charge in [-0.25, -0.2) is 0 Å². The highest BCUT2D eigenvalue weighted by molar-refractivity contribution is 5.73. The smallest absolute Gasteiger partial charge is 0.311 e. The maximum absolute atomic E-state index is 15.8. The molecule has 4 aliphatic carbocycles. The van der Waals surface area contributed by atoms with Crippen LogP contribution in [-0.2, 0) is 61.6 Å². The summed E-state index contributed by atoms with van der Waals surface area (Å²) in [5.41, 5.74) is -0.388. The Balaban J connectivity index is 0.942. The van der Waals surface area contributed by atoms with Gasteiger partial charge >= 0.3 is 5.97 Å². The highest BCUT2D eigenvalue weighted by Crippen LogP contribution is 2.74. The van der Waals surface area contributed by atoms with Crippen molar-refractivity contribution < 1.29 is 154 Å². The molecule has 6 heterocycles. The lowest BCUT2D eigenvalue weighted by atomic mass is 9.40. The fraction of sp³-hybridized carbons (Fsp3) is 0.921. The Hall–Kier alpha value is -2.21. The Bertz CT molecular complexity index is 2580. The van der Waals surface area contributed by atoms with Crippen LogP contribution in [0.25, 0.3) is 0 Å². The number of hydrogen-bond donors (Lipinski definition) is 18. The number of ether oxygens (including phenoxy) is 12. The molecule has 6 saturated heterocycles. The zero-order chi connectivity index (χ0) is 68.4. The molecule has 31 nitrogen and oxygen atoms in total. The van der Waals surface area contributed by atoms with E-state index in [1.165, 1.54) is 5.57 Å². The third-order valence-corrected chi connectivity index (χ3v) is 23.3. The second-order valence-corrected chi connectivity index (χ2v) is 29.0. The van der Waals surface area contributed by atoms with Crippen molar-refractivity contribution in [1.29, 1.82) is 0 Å². The van der Waals surface area contributed by atoms with Crippen LogP contribution in [0.2, 0.25) is 0 Å². The lowest BCUT2D eigenvalue weighted by Gasteiger charge is -2.65. The average molecular weight is 1360 g/mol. The minimum atomic E-state index is -2.08. The highest BCUT2D eigenvalue weighted by Gasteiger charge is 2.68. The maximum Gasteiger partial charge on any atom is 0.311 e. The molecule has 0 aromatic rings. The van der Waals surface area contributed by atoms with Crippen molar-refractivity contribution >= 4 is 5.97 Å². The fourth-order valence-corrected chi connectivity index (χ4v) is 17.3. The van der Waals surface area contributed by atoms with Crippen LogP contribution in [0.3, 0.4) is 0 Å². The number of allylic oxidation sites excluding steroid dienone is 4. The number of carbonyl (C=O) groups is 1. The first-order chi connectivity index (χ1) is 44.4. The van der Waals surface area contributed by atoms with Crippen LogP contribution in [-0.4, -0.2) is 316 Å². The Morgan fingerprint density at radius 1 is 0.553 bits per heavy atom. The first kappa shape index (κ1) is 74.5. The van der Waals surface area contributed by atoms with Gasteiger partial charge in [0.15, 0.2) is 37.6 Å². The van der Waals surface area contributed by atoms with Gasteiger partial charge in [-0.1, -0.05) is 51.0 Å². The van der Waals surface area contributed by atoms with Gasteiger partial charge in [0.05, 0.1) is 58.3 Å². The zero-order valence-electron chi connectivity index (χ0n) is 53.8. The summed E-state index contributed by atoms with van der Waals surface area (Å²) in [4.78, 5) is 15.8. The van der Waals surface area contributed by atoms with Crippen molar-refractivity contribution in [3.63, 3.8) is 0 Å². The summed E-state index contributed by atoms with van der Waals surface area (Å²) in [5, 5.41) is 195. The van der Waals surface area contributed by atoms with E-state index >= 15 is 4.79 Å². The molecule has 31 heteroatoms. The Kier molecular flexibility index (Phi) is 23.6. The Morgan fingerprint density at radius 2 is 1.09 bits per heavy atom. The van der Waals surface area contributed by atoms with Crippen molar-refractivity contribution in [2.75, 3.05) is 46.2 Å². The molecule has 10 rings (SSSR count). The first-order valence-electron chi connectivity index (χ1n) is 33.0. The van der Waals surface area contributed by atoms with Crippen molar-refractivity contribution in [2.45, 2.75) is 271 Å². The van der Waals surface area contributed by atoms with Crippen LogP contribution >= 0.6 is 0 Å². The summed E-state index contributed by atoms with van der Waals surface area (Å²) in [7, 11) is 0. The van der Waals surface area contributed by atoms with Crippen LogP contribution in [0, 0.1) is 45.3 Å². The van der Waals surface area contributed by atoms with E-state index < -0.39 is 245 Å². The van der Waals surface area contributed by atoms with E-state index in [0.29, 0.717) is 51.4 Å². The van der Waals surface area contributed by atoms with Gasteiger partial charge in [0, 0.05) is 5.41 Å². The number of esters is 1. The summed E-state index contributed by atoms with van der Waals surface area (Å²) in [6, 6.07) is 0. The predicted molar refractivity (Wildman–Crippen MR) is 314 cm³/mol. The van der Waals surface area contributed by atoms with Gasteiger partial charge in [-0.2, -0.15) is 0 Å². The second kappa shape index (κ2) is 29.8. The highest BCUT2D eigenvalue weighted by atomic mass is 16.8. The molecule has 0 bridgehead atoms. The molecule has 9 fully saturated rings. The minimum absolute atomic E-state index is 0.0292. The summed E-state index contributed by atoms with van der Waals surface area (Å²) in [5.74, 6) is -2.35. The molecule has 18 N–H and O–H groups in total. The third-order valence-electron chi connectivity index (χ3n) is 23.3. The van der Waals surface area contributed by atoms with Crippen LogP contribution in [0.4, 0.5) is 0 Å². The van der Waals surface area contributed by atoms with Crippen LogP contribution in [0.1, 0.15) is 99.3 Å². The molecule has 0 aromatic carbocycles. The van der Waals surface area contributed by atoms with Gasteiger partial charge in [-0.15, -0.1) is 0 Å². The van der Waals surface area contributed by atoms with Gasteiger partial charge in [-0.05, 0) is 106 Å². The van der Waals surface area contributed by atoms with Gasteiger partial charge in [-0.3, -0.25) is 4.79 Å². The molecule has 0 spiro atoms. The van der Waals surface area contributed by atoms with Crippen molar-refractivity contribution in [3.8, 4) is 0 Å². The Labute approximate surface area is 544 Å². The Morgan fingerprint density at radius 3 is 1.67 bits per heavy atom. The molecular formula is C63H102O31. The van der Waals surface area contributed by atoms with Crippen LogP contribution in [0.5, 0.6) is 0 Å². The van der Waals surface area contributed by atoms with Crippen LogP contribution < -0.4 is 0 Å². The van der Waals surface area contributed by atoms with E-state index in [-0.39, 0.29) is 30.8 Å². The minimum Gasteiger partial charge on any atom is -0.432 e. The van der Waals surface area contributed by atoms with Gasteiger partial charge < -0.3 is 149 Å². The molecule has 94 heavy (non-hydrogen) atoms. The molecular weight excluding hydrogens is 1250 g/mol. The largest absolute Gasteiger partial charge is 0.432 e. The summed E-state index contributed by atoms with van der Waals surface area (Å²) in [6.07, 6.45) is -39.1. The number of aliphatic hydroxyl groups excluding tert-OH is 18. The average Bonchev–Trinajstić information content (AvgIpc) is 1.30. The molecule has 6 aliphatic heterocycles. The van der Waals surface area contributed by atoms with Gasteiger partial charge in [0.1, 0.15) is 122 Å². The molecule has 10 aliphatic rings. The van der Waals surface area contributed by atoms with E-state index in [9.17, 15) is 91.9 Å². The monoisotopic (exact) mass is 1350 g/mol. The van der Waals surface area contributed by atoms with E-state index in [2.05, 4.69) is 26.8 Å². The molecule has 0 amide bonds. The quantitative estimate of drug-likeness (QED) is 0.0400. The molecule has 540 valence electrons. The number of carbonyl (C=O) groups excluding carboxylic acids is 1. The number of rotatable bonds is 20. The number of aliphatic hydroxyl groups is 18. The number of hydrogen-bond acceptors (Lipinski definition) is 31. The summed E-state index contributed by atoms with van der Waals surface area (Å²) < 4.78 is 72.4. The standard InChI is InChI=1S/C63H102O31/c1-25(2)8-7-9-26(53(82)94-59-52(93-57-49(81)44(76)41(73)33(18-64)87-57)50(91-55-47(79)39(71)31(68)21-84-55)43(75)35(89-59)23-86-54-46(78)38(70)30(67)20-83-54)27-12-16-63(6)29-10-11-36-60(3,28(29)13-17-62(27,63)5)15-14-37(61(36,4)24-66)90-58-51(45(77)42(74)34(19-65)88-58)92-56-48(80)40(72)32(69)22-85-56/h8,10,26-28,30-52,54-59,64-81H,7,9,11-24H2,1-6H3/t26?,27-,28?,30+,31-,32+,33+,34+,35+,36?,37?,38-,39-,40-,41+,42+,43+,44-,45-,46+,47+,48+,49+,50-,51+,52+,54-,55-,56-,57-,58-,59-,60+,61+,62-,63+/m0/s1. The maximum atomic E-state index is 15.8. The summed E-state index contributed by atoms with van der Waals surface area (Å²) >= 11 is 0. The van der Waals surface area contributed by atoms with E-state index in [4.69, 9.17) is 56.8 Å². The normalized spacial score (nSPS) is 51.7. The van der Waals surface area contributed by atoms with Gasteiger partial charge in [0.25, 0.3) is 0 Å². The topological polar surface area (TPSA) is 492 Å².